The van der Waals surface area contributed by atoms with Gasteiger partial charge in [0.2, 0.25) is 0 Å². The molecule has 0 aliphatic rings. The van der Waals surface area contributed by atoms with Crippen molar-refractivity contribution in [1.82, 2.24) is 0 Å². The van der Waals surface area contributed by atoms with E-state index in [0.717, 1.165) is 11.2 Å². The summed E-state index contributed by atoms with van der Waals surface area (Å²) in [5.74, 6) is 0. The van der Waals surface area contributed by atoms with Crippen molar-refractivity contribution in [3.8, 4) is 0 Å². The average Bonchev–Trinajstić information content (AvgIpc) is 2.56. The highest BCUT2D eigenvalue weighted by atomic mass is 35.5. The van der Waals surface area contributed by atoms with E-state index < -0.39 is 0 Å². The van der Waals surface area contributed by atoms with Crippen LogP contribution in [0.3, 0.4) is 0 Å². The third-order valence-electron chi connectivity index (χ3n) is 2.28. The molecule has 0 N–H and O–H groups in total. The standard InChI is InChI=1S/C12H8O.6ClH/c1-3-7-11-9(5-1)10-6-2-4-8-12(10)13-11;;;;;;/h1-8H;6*1H. The van der Waals surface area contributed by atoms with Gasteiger partial charge < -0.3 is 4.42 Å². The second-order valence-electron chi connectivity index (χ2n) is 3.09. The minimum absolute atomic E-state index is 0. The molecule has 0 radical (unpaired) electrons. The van der Waals surface area contributed by atoms with Gasteiger partial charge in [0, 0.05) is 10.8 Å². The molecule has 1 heterocycles. The number of para-hydroxylation sites is 2. The summed E-state index contributed by atoms with van der Waals surface area (Å²) in [7, 11) is 0. The highest BCUT2D eigenvalue weighted by molar-refractivity contribution is 6.04. The lowest BCUT2D eigenvalue weighted by Gasteiger charge is -1.85. The Morgan fingerprint density at radius 2 is 0.789 bits per heavy atom. The van der Waals surface area contributed by atoms with Crippen LogP contribution in [0, 0.1) is 0 Å². The first-order valence-electron chi connectivity index (χ1n) is 4.31. The van der Waals surface area contributed by atoms with E-state index in [4.69, 9.17) is 4.42 Å². The van der Waals surface area contributed by atoms with Crippen molar-refractivity contribution in [2.75, 3.05) is 0 Å². The van der Waals surface area contributed by atoms with Crippen molar-refractivity contribution >= 4 is 96.4 Å². The molecule has 0 fully saturated rings. The predicted molar refractivity (Wildman–Crippen MR) is 97.2 cm³/mol. The minimum atomic E-state index is 0. The molecule has 2 aromatic carbocycles. The monoisotopic (exact) mass is 384 g/mol. The molecule has 7 heteroatoms. The highest BCUT2D eigenvalue weighted by Crippen LogP contribution is 2.27. The molecule has 0 bridgehead atoms. The van der Waals surface area contributed by atoms with Gasteiger partial charge in [0.25, 0.3) is 0 Å². The lowest BCUT2D eigenvalue weighted by Crippen LogP contribution is -1.62. The summed E-state index contributed by atoms with van der Waals surface area (Å²) in [6.07, 6.45) is 0. The molecular weight excluding hydrogens is 373 g/mol. The number of hydrogen-bond donors (Lipinski definition) is 0. The number of rotatable bonds is 0. The van der Waals surface area contributed by atoms with Crippen LogP contribution < -0.4 is 0 Å². The van der Waals surface area contributed by atoms with E-state index in [2.05, 4.69) is 12.1 Å². The minimum Gasteiger partial charge on any atom is -0.456 e. The summed E-state index contributed by atoms with van der Waals surface area (Å²) in [4.78, 5) is 0. The first-order valence-corrected chi connectivity index (χ1v) is 4.31. The van der Waals surface area contributed by atoms with Crippen molar-refractivity contribution in [3.63, 3.8) is 0 Å². The first-order chi connectivity index (χ1) is 6.45. The zero-order valence-electron chi connectivity index (χ0n) is 9.48. The van der Waals surface area contributed by atoms with Crippen LogP contribution in [0.4, 0.5) is 0 Å². The third kappa shape index (κ3) is 5.11. The number of halogens is 6. The largest absolute Gasteiger partial charge is 0.456 e. The van der Waals surface area contributed by atoms with Gasteiger partial charge in [-0.15, -0.1) is 74.4 Å². The molecule has 0 amide bonds. The predicted octanol–water partition coefficient (Wildman–Crippen LogP) is 6.12. The molecule has 3 rings (SSSR count). The van der Waals surface area contributed by atoms with E-state index in [1.54, 1.807) is 0 Å². The van der Waals surface area contributed by atoms with Crippen molar-refractivity contribution in [1.29, 1.82) is 0 Å². The Hall–Kier alpha value is -0.0200. The van der Waals surface area contributed by atoms with Crippen molar-refractivity contribution in [3.05, 3.63) is 48.5 Å². The van der Waals surface area contributed by atoms with Gasteiger partial charge in [-0.2, -0.15) is 0 Å². The van der Waals surface area contributed by atoms with E-state index in [1.807, 2.05) is 36.4 Å². The van der Waals surface area contributed by atoms with Crippen molar-refractivity contribution < 1.29 is 4.42 Å². The molecule has 0 aliphatic carbocycles. The maximum atomic E-state index is 5.65. The number of hydrogen-bond acceptors (Lipinski definition) is 1. The van der Waals surface area contributed by atoms with Gasteiger partial charge in [0.1, 0.15) is 11.2 Å². The Bertz CT molecular complexity index is 530. The molecule has 3 aromatic rings. The molecule has 1 aromatic heterocycles. The van der Waals surface area contributed by atoms with E-state index in [1.165, 1.54) is 10.8 Å². The summed E-state index contributed by atoms with van der Waals surface area (Å²) >= 11 is 0. The van der Waals surface area contributed by atoms with Crippen LogP contribution in [0.1, 0.15) is 0 Å². The van der Waals surface area contributed by atoms with Crippen LogP contribution in [0.5, 0.6) is 0 Å². The summed E-state index contributed by atoms with van der Waals surface area (Å²) < 4.78 is 5.65. The van der Waals surface area contributed by atoms with Gasteiger partial charge in [0.15, 0.2) is 0 Å². The van der Waals surface area contributed by atoms with Gasteiger partial charge in [0.05, 0.1) is 0 Å². The Balaban J connectivity index is -0.000000187. The van der Waals surface area contributed by atoms with Crippen LogP contribution in [0.15, 0.2) is 52.9 Å². The highest BCUT2D eigenvalue weighted by Gasteiger charge is 2.03. The molecule has 19 heavy (non-hydrogen) atoms. The Morgan fingerprint density at radius 1 is 0.474 bits per heavy atom. The normalized spacial score (nSPS) is 7.58. The summed E-state index contributed by atoms with van der Waals surface area (Å²) in [6.45, 7) is 0. The van der Waals surface area contributed by atoms with Crippen LogP contribution in [-0.2, 0) is 0 Å². The summed E-state index contributed by atoms with van der Waals surface area (Å²) in [5, 5.41) is 2.39. The van der Waals surface area contributed by atoms with E-state index in [9.17, 15) is 0 Å². The van der Waals surface area contributed by atoms with Crippen molar-refractivity contribution in [2.45, 2.75) is 0 Å². The maximum Gasteiger partial charge on any atom is 0.135 e. The molecular formula is C12H14Cl6O. The second kappa shape index (κ2) is 11.8. The Kier molecular flexibility index (Phi) is 16.9. The van der Waals surface area contributed by atoms with E-state index >= 15 is 0 Å². The molecule has 0 spiro atoms. The van der Waals surface area contributed by atoms with E-state index in [-0.39, 0.29) is 74.4 Å². The number of furan rings is 1. The number of benzene rings is 2. The molecule has 0 unspecified atom stereocenters. The van der Waals surface area contributed by atoms with Crippen molar-refractivity contribution in [2.24, 2.45) is 0 Å². The van der Waals surface area contributed by atoms with Crippen LogP contribution in [0.25, 0.3) is 21.9 Å². The van der Waals surface area contributed by atoms with Crippen LogP contribution in [-0.4, -0.2) is 0 Å². The molecule has 0 aliphatic heterocycles. The van der Waals surface area contributed by atoms with Crippen LogP contribution >= 0.6 is 74.4 Å². The SMILES string of the molecule is Cl.Cl.Cl.Cl.Cl.Cl.c1ccc2c(c1)oc1ccccc12. The molecule has 0 atom stereocenters. The Morgan fingerprint density at radius 3 is 1.16 bits per heavy atom. The quantitative estimate of drug-likeness (QED) is 0.453. The maximum absolute atomic E-state index is 5.65. The summed E-state index contributed by atoms with van der Waals surface area (Å²) in [5.41, 5.74) is 1.92. The summed E-state index contributed by atoms with van der Waals surface area (Å²) in [6, 6.07) is 16.2. The fourth-order valence-electron chi connectivity index (χ4n) is 1.67. The van der Waals surface area contributed by atoms with Gasteiger partial charge in [-0.05, 0) is 12.1 Å². The van der Waals surface area contributed by atoms with Gasteiger partial charge >= 0.3 is 0 Å². The van der Waals surface area contributed by atoms with Gasteiger partial charge in [-0.3, -0.25) is 0 Å². The van der Waals surface area contributed by atoms with E-state index in [0.29, 0.717) is 0 Å². The zero-order chi connectivity index (χ0) is 8.67. The second-order valence-corrected chi connectivity index (χ2v) is 3.09. The third-order valence-corrected chi connectivity index (χ3v) is 2.28. The fraction of sp³-hybridized carbons (Fsp3) is 0. The molecule has 110 valence electrons. The van der Waals surface area contributed by atoms with Gasteiger partial charge in [-0.1, -0.05) is 36.4 Å². The molecule has 0 saturated heterocycles. The topological polar surface area (TPSA) is 13.1 Å². The fourth-order valence-corrected chi connectivity index (χ4v) is 1.67. The van der Waals surface area contributed by atoms with Crippen LogP contribution in [0.2, 0.25) is 0 Å². The lowest BCUT2D eigenvalue weighted by atomic mass is 10.2. The lowest BCUT2D eigenvalue weighted by molar-refractivity contribution is 0.669. The number of fused-ring (bicyclic) bond motifs is 3. The molecule has 1 nitrogen and oxygen atoms in total. The average molecular weight is 387 g/mol. The Labute approximate surface area is 149 Å². The smallest absolute Gasteiger partial charge is 0.135 e. The first kappa shape index (κ1) is 27.3. The zero-order valence-corrected chi connectivity index (χ0v) is 14.4. The molecule has 0 saturated carbocycles. The van der Waals surface area contributed by atoms with Gasteiger partial charge in [-0.25, -0.2) is 0 Å².